The molecule has 0 unspecified atom stereocenters. The van der Waals surface area contributed by atoms with E-state index < -0.39 is 0 Å². The predicted octanol–water partition coefficient (Wildman–Crippen LogP) is 1.74. The Morgan fingerprint density at radius 2 is 2.20 bits per heavy atom. The van der Waals surface area contributed by atoms with Crippen molar-refractivity contribution in [2.45, 2.75) is 39.3 Å². The van der Waals surface area contributed by atoms with E-state index in [0.717, 1.165) is 36.3 Å². The van der Waals surface area contributed by atoms with Gasteiger partial charge in [-0.3, -0.25) is 19.3 Å². The summed E-state index contributed by atoms with van der Waals surface area (Å²) >= 11 is 0. The highest BCUT2D eigenvalue weighted by Gasteiger charge is 2.32. The van der Waals surface area contributed by atoms with Gasteiger partial charge < -0.3 is 10.2 Å². The lowest BCUT2D eigenvalue weighted by Crippen LogP contribution is -2.31. The number of aryl methyl sites for hydroxylation is 2. The van der Waals surface area contributed by atoms with E-state index in [0.29, 0.717) is 12.1 Å². The lowest BCUT2D eigenvalue weighted by Gasteiger charge is -2.25. The van der Waals surface area contributed by atoms with Crippen LogP contribution in [0.3, 0.4) is 0 Å². The number of carbonyl (C=O) groups excluding carboxylic acids is 2. The number of carbonyl (C=O) groups is 2. The summed E-state index contributed by atoms with van der Waals surface area (Å²) in [7, 11) is 1.82. The highest BCUT2D eigenvalue weighted by atomic mass is 16.2. The highest BCUT2D eigenvalue weighted by molar-refractivity contribution is 5.95. The van der Waals surface area contributed by atoms with E-state index >= 15 is 0 Å². The van der Waals surface area contributed by atoms with Crippen LogP contribution < -0.4 is 5.32 Å². The quantitative estimate of drug-likeness (QED) is 0.918. The molecule has 7 nitrogen and oxygen atoms in total. The monoisotopic (exact) mass is 341 g/mol. The van der Waals surface area contributed by atoms with E-state index in [-0.39, 0.29) is 17.9 Å². The third kappa shape index (κ3) is 3.70. The van der Waals surface area contributed by atoms with Gasteiger partial charge in [0.15, 0.2) is 0 Å². The fraction of sp³-hybridized carbons (Fsp3) is 0.444. The molecule has 0 bridgehead atoms. The topological polar surface area (TPSA) is 80.1 Å². The Hall–Kier alpha value is -2.70. The summed E-state index contributed by atoms with van der Waals surface area (Å²) < 4.78 is 1.67. The first kappa shape index (κ1) is 17.1. The van der Waals surface area contributed by atoms with E-state index in [1.165, 1.54) is 6.92 Å². The normalized spacial score (nSPS) is 16.9. The molecule has 2 amide bonds. The molecule has 7 heteroatoms. The van der Waals surface area contributed by atoms with Crippen LogP contribution in [-0.4, -0.2) is 38.0 Å². The molecule has 1 N–H and O–H groups in total. The van der Waals surface area contributed by atoms with Crippen LogP contribution in [0.25, 0.3) is 0 Å². The first-order chi connectivity index (χ1) is 12.0. The summed E-state index contributed by atoms with van der Waals surface area (Å²) in [4.78, 5) is 30.3. The molecule has 0 aliphatic carbocycles. The molecule has 0 spiro atoms. The van der Waals surface area contributed by atoms with Crippen LogP contribution >= 0.6 is 0 Å². The zero-order chi connectivity index (χ0) is 18.0. The zero-order valence-electron chi connectivity index (χ0n) is 14.8. The molecular weight excluding hydrogens is 318 g/mol. The van der Waals surface area contributed by atoms with Gasteiger partial charge >= 0.3 is 0 Å². The van der Waals surface area contributed by atoms with Crippen LogP contribution in [0.5, 0.6) is 0 Å². The molecule has 132 valence electrons. The van der Waals surface area contributed by atoms with Crippen LogP contribution in [0.4, 0.5) is 0 Å². The summed E-state index contributed by atoms with van der Waals surface area (Å²) in [5, 5.41) is 7.03. The van der Waals surface area contributed by atoms with Gasteiger partial charge in [-0.1, -0.05) is 0 Å². The van der Waals surface area contributed by atoms with Crippen molar-refractivity contribution >= 4 is 11.8 Å². The minimum atomic E-state index is -0.0862. The Balaban J connectivity index is 1.82. The summed E-state index contributed by atoms with van der Waals surface area (Å²) in [5.74, 6) is -0.0646. The van der Waals surface area contributed by atoms with Gasteiger partial charge in [0.05, 0.1) is 29.5 Å². The summed E-state index contributed by atoms with van der Waals surface area (Å²) in [6, 6.07) is 3.96. The van der Waals surface area contributed by atoms with Crippen molar-refractivity contribution in [2.24, 2.45) is 7.05 Å². The van der Waals surface area contributed by atoms with E-state index in [4.69, 9.17) is 0 Å². The standard InChI is InChI=1S/C18H23N5O2/c1-12-16(11-22(3)21-12)18(25)23-8-4-5-17(23)14-6-7-19-15(9-14)10-20-13(2)24/h6-7,9,11,17H,4-5,8,10H2,1-3H3,(H,20,24)/t17-/m1/s1. The second-order valence-electron chi connectivity index (χ2n) is 6.45. The lowest BCUT2D eigenvalue weighted by atomic mass is 10.0. The molecule has 0 radical (unpaired) electrons. The van der Waals surface area contributed by atoms with Crippen molar-refractivity contribution in [3.8, 4) is 0 Å². The Bertz CT molecular complexity index is 799. The summed E-state index contributed by atoms with van der Waals surface area (Å²) in [6.45, 7) is 4.47. The van der Waals surface area contributed by atoms with Crippen molar-refractivity contribution < 1.29 is 9.59 Å². The third-order valence-electron chi connectivity index (χ3n) is 4.50. The molecule has 0 aromatic carbocycles. The Labute approximate surface area is 147 Å². The number of likely N-dealkylation sites (tertiary alicyclic amines) is 1. The molecule has 3 rings (SSSR count). The fourth-order valence-electron chi connectivity index (χ4n) is 3.34. The number of rotatable bonds is 4. The molecule has 0 saturated carbocycles. The number of hydrogen-bond acceptors (Lipinski definition) is 4. The van der Waals surface area contributed by atoms with Crippen molar-refractivity contribution in [3.63, 3.8) is 0 Å². The molecule has 2 aromatic heterocycles. The maximum absolute atomic E-state index is 13.0. The van der Waals surface area contributed by atoms with E-state index in [9.17, 15) is 9.59 Å². The van der Waals surface area contributed by atoms with Crippen LogP contribution in [-0.2, 0) is 18.4 Å². The summed E-state index contributed by atoms with van der Waals surface area (Å²) in [5.41, 5.74) is 3.26. The summed E-state index contributed by atoms with van der Waals surface area (Å²) in [6.07, 6.45) is 5.41. The van der Waals surface area contributed by atoms with Gasteiger partial charge in [-0.15, -0.1) is 0 Å². The highest BCUT2D eigenvalue weighted by Crippen LogP contribution is 2.33. The van der Waals surface area contributed by atoms with Crippen LogP contribution in [0.15, 0.2) is 24.5 Å². The van der Waals surface area contributed by atoms with E-state index in [2.05, 4.69) is 15.4 Å². The molecular formula is C18H23N5O2. The average Bonchev–Trinajstić information content (AvgIpc) is 3.19. The molecule has 1 fully saturated rings. The Morgan fingerprint density at radius 1 is 1.40 bits per heavy atom. The average molecular weight is 341 g/mol. The van der Waals surface area contributed by atoms with Gasteiger partial charge in [0.1, 0.15) is 0 Å². The second-order valence-corrected chi connectivity index (χ2v) is 6.45. The fourth-order valence-corrected chi connectivity index (χ4v) is 3.34. The molecule has 1 saturated heterocycles. The number of nitrogens with one attached hydrogen (secondary N) is 1. The number of nitrogens with zero attached hydrogens (tertiary/aromatic N) is 4. The number of hydrogen-bond donors (Lipinski definition) is 1. The molecule has 1 aliphatic rings. The van der Waals surface area contributed by atoms with Crippen LogP contribution in [0.1, 0.15) is 53.1 Å². The van der Waals surface area contributed by atoms with Gasteiger partial charge in [0.2, 0.25) is 5.91 Å². The van der Waals surface area contributed by atoms with Crippen molar-refractivity contribution in [1.29, 1.82) is 0 Å². The van der Waals surface area contributed by atoms with Gasteiger partial charge in [-0.25, -0.2) is 0 Å². The first-order valence-electron chi connectivity index (χ1n) is 8.46. The zero-order valence-corrected chi connectivity index (χ0v) is 14.8. The third-order valence-corrected chi connectivity index (χ3v) is 4.50. The Morgan fingerprint density at radius 3 is 2.88 bits per heavy atom. The first-order valence-corrected chi connectivity index (χ1v) is 8.46. The molecule has 2 aromatic rings. The second kappa shape index (κ2) is 7.04. The van der Waals surface area contributed by atoms with Crippen molar-refractivity contribution in [2.75, 3.05) is 6.54 Å². The van der Waals surface area contributed by atoms with Gasteiger partial charge in [-0.05, 0) is 37.5 Å². The largest absolute Gasteiger partial charge is 0.351 e. The maximum Gasteiger partial charge on any atom is 0.257 e. The van der Waals surface area contributed by atoms with Crippen molar-refractivity contribution in [3.05, 3.63) is 47.0 Å². The molecule has 3 heterocycles. The number of aromatic nitrogens is 3. The molecule has 1 atom stereocenters. The molecule has 1 aliphatic heterocycles. The maximum atomic E-state index is 13.0. The van der Waals surface area contributed by atoms with Gasteiger partial charge in [0.25, 0.3) is 5.91 Å². The Kier molecular flexibility index (Phi) is 4.83. The van der Waals surface area contributed by atoms with Crippen LogP contribution in [0, 0.1) is 6.92 Å². The van der Waals surface area contributed by atoms with Crippen molar-refractivity contribution in [1.82, 2.24) is 25.0 Å². The SMILES string of the molecule is CC(=O)NCc1cc([C@H]2CCCN2C(=O)c2cn(C)nc2C)ccn1. The molecule has 25 heavy (non-hydrogen) atoms. The van der Waals surface area contributed by atoms with Crippen LogP contribution in [0.2, 0.25) is 0 Å². The number of amides is 2. The minimum absolute atomic E-state index is 0.0216. The van der Waals surface area contributed by atoms with E-state index in [1.807, 2.05) is 31.0 Å². The van der Waals surface area contributed by atoms with Gasteiger partial charge in [-0.2, -0.15) is 5.10 Å². The lowest BCUT2D eigenvalue weighted by molar-refractivity contribution is -0.119. The smallest absolute Gasteiger partial charge is 0.257 e. The minimum Gasteiger partial charge on any atom is -0.351 e. The predicted molar refractivity (Wildman–Crippen MR) is 92.7 cm³/mol. The number of pyridine rings is 1. The van der Waals surface area contributed by atoms with Gasteiger partial charge in [0, 0.05) is 32.9 Å². The van der Waals surface area contributed by atoms with E-state index in [1.54, 1.807) is 17.1 Å².